The second-order valence-corrected chi connectivity index (χ2v) is 4.93. The summed E-state index contributed by atoms with van der Waals surface area (Å²) in [5, 5.41) is 21.6. The van der Waals surface area contributed by atoms with E-state index in [-0.39, 0.29) is 24.6 Å². The zero-order valence-electron chi connectivity index (χ0n) is 10.9. The lowest BCUT2D eigenvalue weighted by atomic mass is 10.1. The van der Waals surface area contributed by atoms with Crippen LogP contribution in [-0.2, 0) is 11.2 Å². The van der Waals surface area contributed by atoms with Crippen molar-refractivity contribution in [3.63, 3.8) is 0 Å². The van der Waals surface area contributed by atoms with Crippen molar-refractivity contribution in [3.8, 4) is 5.75 Å². The molecule has 1 rings (SSSR count). The van der Waals surface area contributed by atoms with Gasteiger partial charge in [0, 0.05) is 6.54 Å². The van der Waals surface area contributed by atoms with Crippen LogP contribution in [0.4, 0.5) is 0 Å². The molecule has 0 aliphatic heterocycles. The maximum Gasteiger partial charge on any atom is 0.224 e. The van der Waals surface area contributed by atoms with E-state index in [1.54, 1.807) is 24.3 Å². The molecule has 0 aliphatic rings. The molecule has 0 aromatic heterocycles. The molecule has 4 nitrogen and oxygen atoms in total. The third-order valence-electron chi connectivity index (χ3n) is 2.55. The normalized spacial score (nSPS) is 12.4. The average Bonchev–Trinajstić information content (AvgIpc) is 2.25. The Morgan fingerprint density at radius 2 is 2.11 bits per heavy atom. The highest BCUT2D eigenvalue weighted by Crippen LogP contribution is 2.11. The number of phenolic OH excluding ortho intramolecular Hbond substituents is 1. The molecular formula is C14H21NO3. The topological polar surface area (TPSA) is 69.6 Å². The van der Waals surface area contributed by atoms with E-state index < -0.39 is 6.10 Å². The summed E-state index contributed by atoms with van der Waals surface area (Å²) < 4.78 is 0. The molecule has 100 valence electrons. The maximum atomic E-state index is 11.6. The van der Waals surface area contributed by atoms with Crippen LogP contribution in [0.15, 0.2) is 24.3 Å². The molecule has 0 fully saturated rings. The SMILES string of the molecule is CC(C)CC(O)CNC(=O)Cc1cccc(O)c1. The molecule has 0 saturated heterocycles. The number of amides is 1. The van der Waals surface area contributed by atoms with Gasteiger partial charge in [-0.15, -0.1) is 0 Å². The smallest absolute Gasteiger partial charge is 0.224 e. The third kappa shape index (κ3) is 5.68. The highest BCUT2D eigenvalue weighted by molar-refractivity contribution is 5.78. The number of benzene rings is 1. The lowest BCUT2D eigenvalue weighted by Gasteiger charge is -2.13. The van der Waals surface area contributed by atoms with Crippen molar-refractivity contribution in [2.45, 2.75) is 32.8 Å². The standard InChI is InChI=1S/C14H21NO3/c1-10(2)6-13(17)9-15-14(18)8-11-4-3-5-12(16)7-11/h3-5,7,10,13,16-17H,6,8-9H2,1-2H3,(H,15,18). The number of nitrogens with one attached hydrogen (secondary N) is 1. The molecule has 18 heavy (non-hydrogen) atoms. The molecule has 1 atom stereocenters. The Morgan fingerprint density at radius 1 is 1.39 bits per heavy atom. The summed E-state index contributed by atoms with van der Waals surface area (Å²) in [7, 11) is 0. The summed E-state index contributed by atoms with van der Waals surface area (Å²) in [5.74, 6) is 0.409. The van der Waals surface area contributed by atoms with Crippen LogP contribution in [-0.4, -0.2) is 28.8 Å². The van der Waals surface area contributed by atoms with E-state index in [2.05, 4.69) is 5.32 Å². The number of aromatic hydroxyl groups is 1. The molecule has 0 radical (unpaired) electrons. The summed E-state index contributed by atoms with van der Waals surface area (Å²) in [6.07, 6.45) is 0.382. The van der Waals surface area contributed by atoms with Crippen LogP contribution in [0.5, 0.6) is 5.75 Å². The van der Waals surface area contributed by atoms with Crippen LogP contribution in [0, 0.1) is 5.92 Å². The van der Waals surface area contributed by atoms with Gasteiger partial charge in [0.1, 0.15) is 5.75 Å². The van der Waals surface area contributed by atoms with Gasteiger partial charge < -0.3 is 15.5 Å². The van der Waals surface area contributed by atoms with Crippen LogP contribution in [0.1, 0.15) is 25.8 Å². The number of carbonyl (C=O) groups is 1. The molecule has 0 bridgehead atoms. The van der Waals surface area contributed by atoms with Crippen LogP contribution < -0.4 is 5.32 Å². The summed E-state index contributed by atoms with van der Waals surface area (Å²) in [5.41, 5.74) is 0.755. The van der Waals surface area contributed by atoms with Crippen LogP contribution in [0.25, 0.3) is 0 Å². The highest BCUT2D eigenvalue weighted by Gasteiger charge is 2.09. The minimum atomic E-state index is -0.502. The van der Waals surface area contributed by atoms with Crippen molar-refractivity contribution in [2.24, 2.45) is 5.92 Å². The van der Waals surface area contributed by atoms with Gasteiger partial charge in [0.2, 0.25) is 5.91 Å². The molecule has 1 aromatic carbocycles. The zero-order chi connectivity index (χ0) is 13.5. The fraction of sp³-hybridized carbons (Fsp3) is 0.500. The molecule has 1 amide bonds. The number of aliphatic hydroxyl groups excluding tert-OH is 1. The van der Waals surface area contributed by atoms with Gasteiger partial charge in [-0.3, -0.25) is 4.79 Å². The summed E-state index contributed by atoms with van der Waals surface area (Å²) in [4.78, 5) is 11.6. The Hall–Kier alpha value is -1.55. The first-order chi connectivity index (χ1) is 8.47. The van der Waals surface area contributed by atoms with Crippen molar-refractivity contribution in [2.75, 3.05) is 6.54 Å². The molecule has 0 saturated carbocycles. The first-order valence-corrected chi connectivity index (χ1v) is 6.20. The van der Waals surface area contributed by atoms with Crippen molar-refractivity contribution in [1.82, 2.24) is 5.32 Å². The highest BCUT2D eigenvalue weighted by atomic mass is 16.3. The van der Waals surface area contributed by atoms with E-state index in [0.29, 0.717) is 12.3 Å². The first kappa shape index (κ1) is 14.5. The fourth-order valence-corrected chi connectivity index (χ4v) is 1.77. The van der Waals surface area contributed by atoms with E-state index in [4.69, 9.17) is 0 Å². The summed E-state index contributed by atoms with van der Waals surface area (Å²) in [6, 6.07) is 6.60. The van der Waals surface area contributed by atoms with Gasteiger partial charge in [-0.2, -0.15) is 0 Å². The van der Waals surface area contributed by atoms with Crippen LogP contribution in [0.3, 0.4) is 0 Å². The van der Waals surface area contributed by atoms with Crippen LogP contribution in [0.2, 0.25) is 0 Å². The Kier molecular flexibility index (Phi) is 5.65. The molecule has 0 aliphatic carbocycles. The van der Waals surface area contributed by atoms with Gasteiger partial charge in [-0.1, -0.05) is 26.0 Å². The Labute approximate surface area is 108 Å². The van der Waals surface area contributed by atoms with Gasteiger partial charge in [-0.25, -0.2) is 0 Å². The van der Waals surface area contributed by atoms with E-state index in [1.165, 1.54) is 0 Å². The number of hydrogen-bond donors (Lipinski definition) is 3. The predicted molar refractivity (Wildman–Crippen MR) is 70.3 cm³/mol. The quantitative estimate of drug-likeness (QED) is 0.717. The molecule has 0 spiro atoms. The Morgan fingerprint density at radius 3 is 2.72 bits per heavy atom. The average molecular weight is 251 g/mol. The predicted octanol–water partition coefficient (Wildman–Crippen LogP) is 1.46. The van der Waals surface area contributed by atoms with E-state index in [0.717, 1.165) is 5.56 Å². The van der Waals surface area contributed by atoms with Gasteiger partial charge in [0.05, 0.1) is 12.5 Å². The molecule has 0 heterocycles. The van der Waals surface area contributed by atoms with Crippen molar-refractivity contribution >= 4 is 5.91 Å². The van der Waals surface area contributed by atoms with Gasteiger partial charge in [0.15, 0.2) is 0 Å². The van der Waals surface area contributed by atoms with Gasteiger partial charge >= 0.3 is 0 Å². The van der Waals surface area contributed by atoms with E-state index in [9.17, 15) is 15.0 Å². The van der Waals surface area contributed by atoms with Crippen molar-refractivity contribution in [3.05, 3.63) is 29.8 Å². The van der Waals surface area contributed by atoms with Gasteiger partial charge in [0.25, 0.3) is 0 Å². The fourth-order valence-electron chi connectivity index (χ4n) is 1.77. The van der Waals surface area contributed by atoms with Crippen molar-refractivity contribution < 1.29 is 15.0 Å². The maximum absolute atomic E-state index is 11.6. The molecule has 1 aromatic rings. The molecule has 4 heteroatoms. The van der Waals surface area contributed by atoms with Crippen LogP contribution >= 0.6 is 0 Å². The summed E-state index contributed by atoms with van der Waals surface area (Å²) >= 11 is 0. The van der Waals surface area contributed by atoms with E-state index in [1.807, 2.05) is 13.8 Å². The largest absolute Gasteiger partial charge is 0.508 e. The summed E-state index contributed by atoms with van der Waals surface area (Å²) in [6.45, 7) is 4.32. The number of rotatable bonds is 6. The molecule has 1 unspecified atom stereocenters. The molecule has 3 N–H and O–H groups in total. The first-order valence-electron chi connectivity index (χ1n) is 6.20. The monoisotopic (exact) mass is 251 g/mol. The van der Waals surface area contributed by atoms with E-state index >= 15 is 0 Å². The Balaban J connectivity index is 2.34. The number of carbonyl (C=O) groups excluding carboxylic acids is 1. The Bertz CT molecular complexity index is 390. The van der Waals surface area contributed by atoms with Gasteiger partial charge in [-0.05, 0) is 30.0 Å². The number of aliphatic hydroxyl groups is 1. The lowest BCUT2D eigenvalue weighted by Crippen LogP contribution is -2.33. The number of phenols is 1. The minimum Gasteiger partial charge on any atom is -0.508 e. The van der Waals surface area contributed by atoms with Crippen molar-refractivity contribution in [1.29, 1.82) is 0 Å². The third-order valence-corrected chi connectivity index (χ3v) is 2.55. The second-order valence-electron chi connectivity index (χ2n) is 4.93. The minimum absolute atomic E-state index is 0.150. The zero-order valence-corrected chi connectivity index (χ0v) is 10.9. The number of hydrogen-bond acceptors (Lipinski definition) is 3. The molecular weight excluding hydrogens is 230 g/mol. The second kappa shape index (κ2) is 7.01. The lowest BCUT2D eigenvalue weighted by molar-refractivity contribution is -0.120.